The standard InChI is InChI=1S/C19H19NO3/c1-3-20-13-17(19(22)23-2)18(21)11-9-14-8-10-15-6-4-5-7-16(15)12-14/h4-13,21H,3H2,1-2H3/b11-9+,18-17?,20-13?. The van der Waals surface area contributed by atoms with Crippen LogP contribution < -0.4 is 0 Å². The number of carbonyl (C=O) groups excluding carboxylic acids is 1. The molecule has 118 valence electrons. The summed E-state index contributed by atoms with van der Waals surface area (Å²) < 4.78 is 4.66. The summed E-state index contributed by atoms with van der Waals surface area (Å²) in [5, 5.41) is 12.4. The lowest BCUT2D eigenvalue weighted by molar-refractivity contribution is -0.135. The first-order valence-electron chi connectivity index (χ1n) is 7.34. The fourth-order valence-electron chi connectivity index (χ4n) is 2.09. The Morgan fingerprint density at radius 3 is 2.65 bits per heavy atom. The molecule has 0 spiro atoms. The molecule has 0 aliphatic heterocycles. The minimum Gasteiger partial charge on any atom is -0.507 e. The molecule has 4 heteroatoms. The molecule has 23 heavy (non-hydrogen) atoms. The van der Waals surface area contributed by atoms with Gasteiger partial charge < -0.3 is 9.84 Å². The predicted molar refractivity (Wildman–Crippen MR) is 93.7 cm³/mol. The monoisotopic (exact) mass is 309 g/mol. The number of benzene rings is 2. The number of nitrogens with zero attached hydrogens (tertiary/aromatic N) is 1. The molecule has 0 unspecified atom stereocenters. The maximum absolute atomic E-state index is 11.7. The summed E-state index contributed by atoms with van der Waals surface area (Å²) in [7, 11) is 1.27. The Bertz CT molecular complexity index is 788. The molecule has 0 bridgehead atoms. The van der Waals surface area contributed by atoms with Gasteiger partial charge in [0.1, 0.15) is 11.3 Å². The Kier molecular flexibility index (Phi) is 5.69. The van der Waals surface area contributed by atoms with Crippen LogP contribution in [0.2, 0.25) is 0 Å². The van der Waals surface area contributed by atoms with E-state index in [1.807, 2.05) is 49.4 Å². The van der Waals surface area contributed by atoms with Gasteiger partial charge in [0.2, 0.25) is 0 Å². The number of aliphatic imine (C=N–C) groups is 1. The lowest BCUT2D eigenvalue weighted by Crippen LogP contribution is -2.08. The van der Waals surface area contributed by atoms with E-state index in [1.165, 1.54) is 19.4 Å². The average molecular weight is 309 g/mol. The maximum Gasteiger partial charge on any atom is 0.343 e. The molecule has 2 aromatic rings. The van der Waals surface area contributed by atoms with E-state index >= 15 is 0 Å². The number of hydrogen-bond donors (Lipinski definition) is 1. The summed E-state index contributed by atoms with van der Waals surface area (Å²) in [6.45, 7) is 2.36. The quantitative estimate of drug-likeness (QED) is 0.299. The number of aliphatic hydroxyl groups is 1. The highest BCUT2D eigenvalue weighted by Crippen LogP contribution is 2.17. The summed E-state index contributed by atoms with van der Waals surface area (Å²) >= 11 is 0. The summed E-state index contributed by atoms with van der Waals surface area (Å²) in [5.74, 6) is -0.801. The van der Waals surface area contributed by atoms with Crippen LogP contribution >= 0.6 is 0 Å². The molecule has 0 aromatic heterocycles. The second-order valence-electron chi connectivity index (χ2n) is 4.86. The SMILES string of the molecule is CCN=CC(C(=O)OC)=C(O)/C=C/c1ccc2ccccc2c1. The number of ether oxygens (including phenoxy) is 1. The summed E-state index contributed by atoms with van der Waals surface area (Å²) in [6, 6.07) is 14.0. The van der Waals surface area contributed by atoms with Crippen molar-refractivity contribution in [2.24, 2.45) is 4.99 Å². The van der Waals surface area contributed by atoms with Gasteiger partial charge in [-0.05, 0) is 35.4 Å². The molecule has 2 aromatic carbocycles. The molecule has 0 aliphatic carbocycles. The molecule has 0 saturated heterocycles. The van der Waals surface area contributed by atoms with Crippen molar-refractivity contribution in [3.05, 3.63) is 65.4 Å². The largest absolute Gasteiger partial charge is 0.507 e. The zero-order valence-corrected chi connectivity index (χ0v) is 13.2. The molecule has 4 nitrogen and oxygen atoms in total. The second-order valence-corrected chi connectivity index (χ2v) is 4.86. The normalized spacial score (nSPS) is 12.8. The van der Waals surface area contributed by atoms with Gasteiger partial charge in [-0.3, -0.25) is 4.99 Å². The van der Waals surface area contributed by atoms with Crippen LogP contribution in [-0.4, -0.2) is 30.9 Å². The number of rotatable bonds is 5. The van der Waals surface area contributed by atoms with E-state index in [4.69, 9.17) is 0 Å². The number of hydrogen-bond acceptors (Lipinski definition) is 4. The predicted octanol–water partition coefficient (Wildman–Crippen LogP) is 3.93. The molecule has 0 fully saturated rings. The van der Waals surface area contributed by atoms with Crippen molar-refractivity contribution in [1.82, 2.24) is 0 Å². The fourth-order valence-corrected chi connectivity index (χ4v) is 2.09. The molecule has 0 aliphatic rings. The van der Waals surface area contributed by atoms with Crippen molar-refractivity contribution in [3.63, 3.8) is 0 Å². The van der Waals surface area contributed by atoms with Crippen molar-refractivity contribution in [1.29, 1.82) is 0 Å². The van der Waals surface area contributed by atoms with Gasteiger partial charge in [-0.2, -0.15) is 0 Å². The third kappa shape index (κ3) is 4.30. The molecule has 0 amide bonds. The van der Waals surface area contributed by atoms with Crippen molar-refractivity contribution < 1.29 is 14.6 Å². The highest BCUT2D eigenvalue weighted by molar-refractivity contribution is 6.10. The molecular formula is C19H19NO3. The summed E-state index contributed by atoms with van der Waals surface area (Å²) in [4.78, 5) is 15.7. The van der Waals surface area contributed by atoms with E-state index in [9.17, 15) is 9.90 Å². The van der Waals surface area contributed by atoms with Crippen molar-refractivity contribution in [2.75, 3.05) is 13.7 Å². The van der Waals surface area contributed by atoms with Gasteiger partial charge in [-0.1, -0.05) is 42.5 Å². The number of carbonyl (C=O) groups is 1. The number of fused-ring (bicyclic) bond motifs is 1. The minimum absolute atomic E-state index is 0.0337. The smallest absolute Gasteiger partial charge is 0.343 e. The van der Waals surface area contributed by atoms with Crippen LogP contribution in [0.3, 0.4) is 0 Å². The van der Waals surface area contributed by atoms with Gasteiger partial charge >= 0.3 is 5.97 Å². The van der Waals surface area contributed by atoms with Crippen LogP contribution in [0.4, 0.5) is 0 Å². The van der Waals surface area contributed by atoms with E-state index in [1.54, 1.807) is 6.08 Å². The lowest BCUT2D eigenvalue weighted by atomic mass is 10.1. The van der Waals surface area contributed by atoms with E-state index in [0.29, 0.717) is 6.54 Å². The first kappa shape index (κ1) is 16.5. The Hall–Kier alpha value is -2.88. The maximum atomic E-state index is 11.7. The number of esters is 1. The zero-order chi connectivity index (χ0) is 16.7. The molecule has 0 atom stereocenters. The first-order chi connectivity index (χ1) is 11.2. The Morgan fingerprint density at radius 1 is 1.22 bits per heavy atom. The Balaban J connectivity index is 2.32. The average Bonchev–Trinajstić information content (AvgIpc) is 2.59. The third-order valence-corrected chi connectivity index (χ3v) is 3.29. The second kappa shape index (κ2) is 7.94. The minimum atomic E-state index is -0.622. The fraction of sp³-hybridized carbons (Fsp3) is 0.158. The number of allylic oxidation sites excluding steroid dienone is 1. The molecule has 0 heterocycles. The molecule has 0 saturated carbocycles. The molecule has 0 radical (unpaired) electrons. The zero-order valence-electron chi connectivity index (χ0n) is 13.2. The molecule has 2 rings (SSSR count). The van der Waals surface area contributed by atoms with Gasteiger partial charge in [0.15, 0.2) is 0 Å². The van der Waals surface area contributed by atoms with Crippen LogP contribution in [0.25, 0.3) is 16.8 Å². The van der Waals surface area contributed by atoms with Crippen molar-refractivity contribution in [2.45, 2.75) is 6.92 Å². The van der Waals surface area contributed by atoms with Crippen LogP contribution in [0, 0.1) is 0 Å². The van der Waals surface area contributed by atoms with Crippen molar-refractivity contribution in [3.8, 4) is 0 Å². The van der Waals surface area contributed by atoms with E-state index in [0.717, 1.165) is 16.3 Å². The lowest BCUT2D eigenvalue weighted by Gasteiger charge is -2.02. The van der Waals surface area contributed by atoms with Crippen LogP contribution in [0.15, 0.2) is 64.9 Å². The van der Waals surface area contributed by atoms with Gasteiger partial charge in [-0.25, -0.2) is 4.79 Å². The van der Waals surface area contributed by atoms with E-state index < -0.39 is 5.97 Å². The van der Waals surface area contributed by atoms with Crippen LogP contribution in [0.5, 0.6) is 0 Å². The van der Waals surface area contributed by atoms with Gasteiger partial charge in [0, 0.05) is 12.8 Å². The van der Waals surface area contributed by atoms with Crippen molar-refractivity contribution >= 4 is 29.0 Å². The highest BCUT2D eigenvalue weighted by Gasteiger charge is 2.11. The number of methoxy groups -OCH3 is 1. The van der Waals surface area contributed by atoms with E-state index in [-0.39, 0.29) is 11.3 Å². The highest BCUT2D eigenvalue weighted by atomic mass is 16.5. The Morgan fingerprint density at radius 2 is 1.96 bits per heavy atom. The van der Waals surface area contributed by atoms with Crippen LogP contribution in [0.1, 0.15) is 12.5 Å². The first-order valence-corrected chi connectivity index (χ1v) is 7.34. The summed E-state index contributed by atoms with van der Waals surface area (Å²) in [5.41, 5.74) is 0.957. The molecular weight excluding hydrogens is 290 g/mol. The number of aliphatic hydroxyl groups excluding tert-OH is 1. The van der Waals surface area contributed by atoms with Gasteiger partial charge in [0.25, 0.3) is 0 Å². The van der Waals surface area contributed by atoms with Gasteiger partial charge in [-0.15, -0.1) is 0 Å². The van der Waals surface area contributed by atoms with E-state index in [2.05, 4.69) is 9.73 Å². The summed E-state index contributed by atoms with van der Waals surface area (Å²) in [6.07, 6.45) is 4.54. The van der Waals surface area contributed by atoms with Gasteiger partial charge in [0.05, 0.1) is 7.11 Å². The topological polar surface area (TPSA) is 58.9 Å². The Labute approximate surface area is 135 Å². The molecule has 1 N–H and O–H groups in total. The third-order valence-electron chi connectivity index (χ3n) is 3.29. The van der Waals surface area contributed by atoms with Crippen LogP contribution in [-0.2, 0) is 9.53 Å².